The number of pyridine rings is 3. The van der Waals surface area contributed by atoms with Crippen LogP contribution in [0, 0.1) is 0 Å². The van der Waals surface area contributed by atoms with Gasteiger partial charge in [-0.3, -0.25) is 14.1 Å². The van der Waals surface area contributed by atoms with Gasteiger partial charge in [-0.2, -0.15) is 0 Å². The quantitative estimate of drug-likeness (QED) is 0.492. The third-order valence-corrected chi connectivity index (χ3v) is 5.82. The zero-order chi connectivity index (χ0) is 21.1. The molecule has 156 valence electrons. The molecule has 0 radical (unpaired) electrons. The molecule has 1 fully saturated rings. The summed E-state index contributed by atoms with van der Waals surface area (Å²) in [7, 11) is 0. The highest BCUT2D eigenvalue weighted by Crippen LogP contribution is 2.23. The lowest BCUT2D eigenvalue weighted by Gasteiger charge is -2.36. The fraction of sp³-hybridized carbons (Fsp3) is 0.286. The number of aromatic nitrogens is 2. The predicted molar refractivity (Wildman–Crippen MR) is 116 cm³/mol. The summed E-state index contributed by atoms with van der Waals surface area (Å²) < 4.78 is 6.16. The Hall–Kier alpha value is -3.04. The van der Waals surface area contributed by atoms with E-state index in [-0.39, 0.29) is 5.75 Å². The Labute approximate surface area is 177 Å². The molecule has 1 saturated heterocycles. The van der Waals surface area contributed by atoms with Gasteiger partial charge in [0.25, 0.3) is 5.56 Å². The maximum Gasteiger partial charge on any atom is 0.511 e. The summed E-state index contributed by atoms with van der Waals surface area (Å²) >= 11 is 1.63. The van der Waals surface area contributed by atoms with Crippen molar-refractivity contribution in [2.75, 3.05) is 37.3 Å². The second kappa shape index (κ2) is 8.76. The first-order chi connectivity index (χ1) is 14.5. The van der Waals surface area contributed by atoms with Crippen LogP contribution in [0.4, 0.5) is 10.5 Å². The van der Waals surface area contributed by atoms with Crippen molar-refractivity contribution < 1.29 is 14.6 Å². The Kier molecular flexibility index (Phi) is 5.91. The van der Waals surface area contributed by atoms with Crippen molar-refractivity contribution >= 4 is 29.1 Å². The normalized spacial score (nSPS) is 14.8. The van der Waals surface area contributed by atoms with Gasteiger partial charge in [0.1, 0.15) is 0 Å². The van der Waals surface area contributed by atoms with Crippen molar-refractivity contribution in [1.29, 1.82) is 0 Å². The second-order valence-corrected chi connectivity index (χ2v) is 7.81. The SMILES string of the molecule is CSc1cc(N2CCN(Cc3cc(OC(=O)O)c(=O)n4ccccc34)CC2)ccn1. The summed E-state index contributed by atoms with van der Waals surface area (Å²) in [6, 6.07) is 11.1. The van der Waals surface area contributed by atoms with Gasteiger partial charge in [0.15, 0.2) is 5.75 Å². The molecule has 0 amide bonds. The van der Waals surface area contributed by atoms with Gasteiger partial charge in [0.2, 0.25) is 0 Å². The van der Waals surface area contributed by atoms with E-state index in [9.17, 15) is 9.59 Å². The number of nitrogens with zero attached hydrogens (tertiary/aromatic N) is 4. The van der Waals surface area contributed by atoms with Gasteiger partial charge in [0.05, 0.1) is 10.5 Å². The molecule has 8 nitrogen and oxygen atoms in total. The number of ether oxygens (including phenoxy) is 1. The number of rotatable bonds is 5. The molecule has 3 aromatic heterocycles. The number of fused-ring (bicyclic) bond motifs is 1. The van der Waals surface area contributed by atoms with Crippen molar-refractivity contribution in [3.63, 3.8) is 0 Å². The van der Waals surface area contributed by atoms with Gasteiger partial charge in [-0.15, -0.1) is 11.8 Å². The monoisotopic (exact) mass is 426 g/mol. The molecule has 0 unspecified atom stereocenters. The second-order valence-electron chi connectivity index (χ2n) is 6.98. The maximum absolute atomic E-state index is 12.5. The van der Waals surface area contributed by atoms with Gasteiger partial charge in [0, 0.05) is 50.8 Å². The third-order valence-electron chi connectivity index (χ3n) is 5.18. The molecule has 1 aliphatic heterocycles. The summed E-state index contributed by atoms with van der Waals surface area (Å²) in [5, 5.41) is 9.96. The van der Waals surface area contributed by atoms with Crippen molar-refractivity contribution in [1.82, 2.24) is 14.3 Å². The Bertz CT molecular complexity index is 1130. The van der Waals surface area contributed by atoms with Crippen LogP contribution in [-0.2, 0) is 6.54 Å². The fourth-order valence-corrected chi connectivity index (χ4v) is 4.11. The van der Waals surface area contributed by atoms with Crippen LogP contribution in [0.25, 0.3) is 5.52 Å². The molecule has 0 bridgehead atoms. The summed E-state index contributed by atoms with van der Waals surface area (Å²) in [4.78, 5) is 32.5. The van der Waals surface area contributed by atoms with Crippen LogP contribution in [0.3, 0.4) is 0 Å². The topological polar surface area (TPSA) is 87.4 Å². The average molecular weight is 426 g/mol. The highest BCUT2D eigenvalue weighted by molar-refractivity contribution is 7.98. The molecule has 3 aromatic rings. The van der Waals surface area contributed by atoms with E-state index in [1.807, 2.05) is 30.7 Å². The first-order valence-electron chi connectivity index (χ1n) is 9.56. The summed E-state index contributed by atoms with van der Waals surface area (Å²) in [6.07, 6.45) is 3.98. The molecule has 0 atom stereocenters. The Morgan fingerprint density at radius 3 is 2.73 bits per heavy atom. The molecule has 1 aliphatic rings. The number of hydrogen-bond donors (Lipinski definition) is 1. The van der Waals surface area contributed by atoms with Gasteiger partial charge in [-0.1, -0.05) is 6.07 Å². The van der Waals surface area contributed by atoms with Crippen LogP contribution in [0.2, 0.25) is 0 Å². The molecule has 1 N–H and O–H groups in total. The molecule has 0 aliphatic carbocycles. The van der Waals surface area contributed by atoms with Crippen LogP contribution in [0.15, 0.2) is 58.6 Å². The largest absolute Gasteiger partial charge is 0.511 e. The highest BCUT2D eigenvalue weighted by atomic mass is 32.2. The average Bonchev–Trinajstić information content (AvgIpc) is 2.77. The minimum Gasteiger partial charge on any atom is -0.449 e. The molecule has 0 aromatic carbocycles. The van der Waals surface area contributed by atoms with E-state index in [0.29, 0.717) is 6.54 Å². The van der Waals surface area contributed by atoms with Crippen molar-refractivity contribution in [2.24, 2.45) is 0 Å². The van der Waals surface area contributed by atoms with Crippen molar-refractivity contribution in [3.8, 4) is 5.75 Å². The van der Waals surface area contributed by atoms with Gasteiger partial charge < -0.3 is 14.7 Å². The lowest BCUT2D eigenvalue weighted by molar-refractivity contribution is 0.143. The lowest BCUT2D eigenvalue weighted by Crippen LogP contribution is -2.46. The third kappa shape index (κ3) is 4.27. The number of carbonyl (C=O) groups is 1. The van der Waals surface area contributed by atoms with Crippen LogP contribution in [-0.4, -0.2) is 58.0 Å². The molecule has 4 heterocycles. The van der Waals surface area contributed by atoms with Crippen LogP contribution < -0.4 is 15.2 Å². The zero-order valence-electron chi connectivity index (χ0n) is 16.5. The van der Waals surface area contributed by atoms with E-state index < -0.39 is 11.7 Å². The first-order valence-corrected chi connectivity index (χ1v) is 10.8. The van der Waals surface area contributed by atoms with Gasteiger partial charge >= 0.3 is 6.16 Å². The Morgan fingerprint density at radius 1 is 1.20 bits per heavy atom. The summed E-state index contributed by atoms with van der Waals surface area (Å²) in [5.41, 5.74) is 2.29. The number of carboxylic acid groups (broad SMARTS) is 1. The minimum absolute atomic E-state index is 0.179. The summed E-state index contributed by atoms with van der Waals surface area (Å²) in [5.74, 6) is -0.179. The van der Waals surface area contributed by atoms with Gasteiger partial charge in [-0.25, -0.2) is 9.78 Å². The van der Waals surface area contributed by atoms with E-state index in [4.69, 9.17) is 9.84 Å². The molecule has 4 rings (SSSR count). The fourth-order valence-electron chi connectivity index (χ4n) is 3.70. The molecule has 30 heavy (non-hydrogen) atoms. The molecule has 0 saturated carbocycles. The van der Waals surface area contributed by atoms with Crippen molar-refractivity contribution in [3.05, 3.63) is 64.7 Å². The Balaban J connectivity index is 1.53. The number of piperazine rings is 1. The van der Waals surface area contributed by atoms with E-state index in [1.54, 1.807) is 30.1 Å². The van der Waals surface area contributed by atoms with Crippen LogP contribution in [0.5, 0.6) is 5.75 Å². The standard InChI is InChI=1S/C21H22N4O4S/c1-30-19-13-16(5-6-22-19)24-10-8-23(9-11-24)14-15-12-18(29-21(27)28)20(26)25-7-3-2-4-17(15)25/h2-7,12-13H,8-11,14H2,1H3,(H,27,28). The molecule has 9 heteroatoms. The zero-order valence-corrected chi connectivity index (χ0v) is 17.3. The number of anilines is 1. The Morgan fingerprint density at radius 2 is 2.00 bits per heavy atom. The molecule has 0 spiro atoms. The lowest BCUT2D eigenvalue weighted by atomic mass is 10.1. The van der Waals surface area contributed by atoms with E-state index in [0.717, 1.165) is 42.3 Å². The minimum atomic E-state index is -1.50. The van der Waals surface area contributed by atoms with Gasteiger partial charge in [-0.05, 0) is 42.2 Å². The first kappa shape index (κ1) is 20.2. The predicted octanol–water partition coefficient (Wildman–Crippen LogP) is 2.80. The van der Waals surface area contributed by atoms with E-state index in [2.05, 4.69) is 20.9 Å². The van der Waals surface area contributed by atoms with E-state index in [1.165, 1.54) is 10.1 Å². The van der Waals surface area contributed by atoms with Crippen LogP contribution >= 0.6 is 11.8 Å². The smallest absolute Gasteiger partial charge is 0.449 e. The van der Waals surface area contributed by atoms with Crippen LogP contribution in [0.1, 0.15) is 5.56 Å². The maximum atomic E-state index is 12.5. The van der Waals surface area contributed by atoms with Crippen molar-refractivity contribution in [2.45, 2.75) is 11.6 Å². The highest BCUT2D eigenvalue weighted by Gasteiger charge is 2.20. The summed E-state index contributed by atoms with van der Waals surface area (Å²) in [6.45, 7) is 4.06. The molecular weight excluding hydrogens is 404 g/mol. The van der Waals surface area contributed by atoms with E-state index >= 15 is 0 Å². The number of hydrogen-bond acceptors (Lipinski definition) is 7. The number of thioether (sulfide) groups is 1. The molecular formula is C21H22N4O4S.